The lowest BCUT2D eigenvalue weighted by atomic mass is 10.1. The number of carbonyl (C=O) groups is 1. The van der Waals surface area contributed by atoms with Gasteiger partial charge in [-0.25, -0.2) is 13.6 Å². The number of rotatable bonds is 13. The second kappa shape index (κ2) is 24.1. The van der Waals surface area contributed by atoms with Crippen LogP contribution in [0.2, 0.25) is 0 Å². The van der Waals surface area contributed by atoms with Crippen LogP contribution < -0.4 is 21.3 Å². The molecule has 0 fully saturated rings. The lowest BCUT2D eigenvalue weighted by molar-refractivity contribution is 0.115. The maximum Gasteiger partial charge on any atom is 0.322 e. The number of benzene rings is 4. The molecule has 6 aromatic rings. The van der Waals surface area contributed by atoms with Gasteiger partial charge in [-0.1, -0.05) is 80.4 Å². The maximum absolute atomic E-state index is 14.7. The van der Waals surface area contributed by atoms with Crippen LogP contribution >= 0.6 is 48.8 Å². The summed E-state index contributed by atoms with van der Waals surface area (Å²) in [5.41, 5.74) is 7.54. The summed E-state index contributed by atoms with van der Waals surface area (Å²) in [4.78, 5) is 13.9. The molecular formula is C37H35Br3F6N8O3. The van der Waals surface area contributed by atoms with E-state index in [2.05, 4.69) is 62.9 Å². The van der Waals surface area contributed by atoms with Crippen LogP contribution in [0.4, 0.5) is 42.5 Å². The van der Waals surface area contributed by atoms with Crippen molar-refractivity contribution in [3.63, 3.8) is 0 Å². The lowest BCUT2D eigenvalue weighted by Crippen LogP contribution is -2.40. The molecule has 2 heterocycles. The Morgan fingerprint density at radius 3 is 1.65 bits per heavy atom. The average Bonchev–Trinajstić information content (AvgIpc) is 3.92. The van der Waals surface area contributed by atoms with E-state index in [0.29, 0.717) is 29.7 Å². The Balaban J connectivity index is 0.000000280. The lowest BCUT2D eigenvalue weighted by Gasteiger charge is -2.23. The van der Waals surface area contributed by atoms with Gasteiger partial charge in [0.25, 0.3) is 11.8 Å². The fraction of sp³-hybridized carbons (Fsp3) is 0.216. The summed E-state index contributed by atoms with van der Waals surface area (Å²) >= 11 is 6.37. The number of carbonyl (C=O) groups excluding carboxylic acids is 1. The number of para-hydroxylation sites is 2. The van der Waals surface area contributed by atoms with Gasteiger partial charge < -0.3 is 25.2 Å². The average molecular weight is 993 g/mol. The molecule has 0 radical (unpaired) electrons. The highest BCUT2D eigenvalue weighted by molar-refractivity contribution is 9.09. The standard InChI is InChI=1S/C19H16BrF3N4O2.C16H12F3N3O.C2H6BrN.BrH/c20-8-9-24-19(28)27(14-4-2-1-3-5-14)11-13-7-6-12(10-15(13)21)17-25-26-18(29-17)16(22)23;17-13-8-10(15-21-22-16(23-15)14(18)19)6-7-11(13)9-20-12-4-2-1-3-5-12;3-1-2-4;/h1-7,10,16H,8-9,11H2,(H,24,28);1-8,14,20H,9H2;1-2,4H2;1H. The molecule has 0 aliphatic rings. The number of hydrogen-bond donors (Lipinski definition) is 3. The van der Waals surface area contributed by atoms with Crippen LogP contribution in [0.1, 0.15) is 35.8 Å². The van der Waals surface area contributed by atoms with Gasteiger partial charge in [0.15, 0.2) is 0 Å². The SMILES string of the molecule is Br.Fc1cc(-c2nnc(C(F)F)o2)ccc1CNc1ccccc1.NCCBr.O=C(NCCBr)N(Cc1ccc(-c2nnc(C(F)F)o2)cc1F)c1ccccc1. The largest absolute Gasteiger partial charge is 0.415 e. The van der Waals surface area contributed by atoms with Crippen molar-refractivity contribution in [1.82, 2.24) is 25.7 Å². The van der Waals surface area contributed by atoms with E-state index in [4.69, 9.17) is 14.6 Å². The third-order valence-corrected chi connectivity index (χ3v) is 8.09. The smallest absolute Gasteiger partial charge is 0.322 e. The first kappa shape index (κ1) is 46.6. The molecule has 2 amide bonds. The first-order valence-corrected chi connectivity index (χ1v) is 18.8. The van der Waals surface area contributed by atoms with E-state index in [-0.39, 0.29) is 58.0 Å². The van der Waals surface area contributed by atoms with Crippen molar-refractivity contribution in [2.24, 2.45) is 5.73 Å². The van der Waals surface area contributed by atoms with Gasteiger partial charge in [-0.05, 0) is 48.5 Å². The number of anilines is 2. The predicted molar refractivity (Wildman–Crippen MR) is 216 cm³/mol. The molecule has 0 saturated heterocycles. The summed E-state index contributed by atoms with van der Waals surface area (Å²) in [7, 11) is 0. The second-order valence-electron chi connectivity index (χ2n) is 11.1. The van der Waals surface area contributed by atoms with E-state index < -0.39 is 36.3 Å². The Labute approximate surface area is 350 Å². The molecular weight excluding hydrogens is 958 g/mol. The Morgan fingerprint density at radius 1 is 0.719 bits per heavy atom. The highest BCUT2D eigenvalue weighted by atomic mass is 79.9. The van der Waals surface area contributed by atoms with E-state index in [9.17, 15) is 31.1 Å². The van der Waals surface area contributed by atoms with E-state index >= 15 is 0 Å². The molecule has 0 aliphatic heterocycles. The van der Waals surface area contributed by atoms with E-state index in [0.717, 1.165) is 23.6 Å². The van der Waals surface area contributed by atoms with Crippen molar-refractivity contribution in [3.8, 4) is 22.9 Å². The van der Waals surface area contributed by atoms with Crippen molar-refractivity contribution in [1.29, 1.82) is 0 Å². The highest BCUT2D eigenvalue weighted by Gasteiger charge is 2.21. The Morgan fingerprint density at radius 2 is 1.21 bits per heavy atom. The van der Waals surface area contributed by atoms with Gasteiger partial charge in [0.1, 0.15) is 11.6 Å². The quantitative estimate of drug-likeness (QED) is 0.0760. The summed E-state index contributed by atoms with van der Waals surface area (Å²) in [5.74, 6) is -3.07. The molecule has 0 aliphatic carbocycles. The zero-order valence-corrected chi connectivity index (χ0v) is 34.5. The van der Waals surface area contributed by atoms with Gasteiger partial charge in [0.05, 0.1) is 6.54 Å². The number of alkyl halides is 6. The minimum Gasteiger partial charge on any atom is -0.415 e. The minimum atomic E-state index is -2.90. The maximum atomic E-state index is 14.7. The number of halogens is 9. The predicted octanol–water partition coefficient (Wildman–Crippen LogP) is 10.3. The van der Waals surface area contributed by atoms with Crippen LogP contribution in [0.3, 0.4) is 0 Å². The zero-order valence-electron chi connectivity index (χ0n) is 29.6. The molecule has 0 bridgehead atoms. The van der Waals surface area contributed by atoms with Crippen LogP contribution in [-0.4, -0.2) is 50.2 Å². The van der Waals surface area contributed by atoms with Crippen LogP contribution in [-0.2, 0) is 13.1 Å². The second-order valence-corrected chi connectivity index (χ2v) is 12.7. The molecule has 6 rings (SSSR count). The topological polar surface area (TPSA) is 148 Å². The van der Waals surface area contributed by atoms with Crippen molar-refractivity contribution in [2.75, 3.05) is 34.0 Å². The van der Waals surface area contributed by atoms with Gasteiger partial charge in [-0.15, -0.1) is 37.4 Å². The molecule has 11 nitrogen and oxygen atoms in total. The van der Waals surface area contributed by atoms with Crippen LogP contribution in [0, 0.1) is 11.6 Å². The number of amides is 2. The van der Waals surface area contributed by atoms with Crippen LogP contribution in [0.25, 0.3) is 22.9 Å². The molecule has 4 aromatic carbocycles. The zero-order chi connectivity index (χ0) is 40.5. The summed E-state index contributed by atoms with van der Waals surface area (Å²) in [6.45, 7) is 1.41. The highest BCUT2D eigenvalue weighted by Crippen LogP contribution is 2.27. The molecule has 304 valence electrons. The van der Waals surface area contributed by atoms with Gasteiger partial charge in [-0.2, -0.15) is 17.6 Å². The molecule has 0 saturated carbocycles. The molecule has 0 atom stereocenters. The van der Waals surface area contributed by atoms with Crippen molar-refractivity contribution < 1.29 is 40.0 Å². The van der Waals surface area contributed by atoms with Crippen LogP contribution in [0.5, 0.6) is 0 Å². The monoisotopic (exact) mass is 990 g/mol. The number of urea groups is 1. The normalized spacial score (nSPS) is 10.5. The summed E-state index contributed by atoms with van der Waals surface area (Å²) in [6.07, 6.45) is -5.76. The third kappa shape index (κ3) is 14.3. The van der Waals surface area contributed by atoms with E-state index in [1.54, 1.807) is 36.4 Å². The number of nitrogens with zero attached hydrogens (tertiary/aromatic N) is 5. The van der Waals surface area contributed by atoms with Crippen molar-refractivity contribution in [2.45, 2.75) is 25.9 Å². The summed E-state index contributed by atoms with van der Waals surface area (Å²) in [5, 5.41) is 20.8. The Hall–Kier alpha value is -4.79. The first-order valence-electron chi connectivity index (χ1n) is 16.6. The number of nitrogens with two attached hydrogens (primary N) is 1. The molecule has 0 spiro atoms. The van der Waals surface area contributed by atoms with E-state index in [1.807, 2.05) is 36.4 Å². The molecule has 20 heteroatoms. The molecule has 0 unspecified atom stereocenters. The molecule has 2 aromatic heterocycles. The van der Waals surface area contributed by atoms with Gasteiger partial charge in [0.2, 0.25) is 11.8 Å². The minimum absolute atomic E-state index is 0. The van der Waals surface area contributed by atoms with Crippen molar-refractivity contribution >= 4 is 66.2 Å². The molecule has 57 heavy (non-hydrogen) atoms. The van der Waals surface area contributed by atoms with E-state index in [1.165, 1.54) is 23.1 Å². The Bertz CT molecular complexity index is 2100. The van der Waals surface area contributed by atoms with Crippen LogP contribution in [0.15, 0.2) is 106 Å². The first-order chi connectivity index (χ1) is 27.0. The number of nitrogens with one attached hydrogen (secondary N) is 2. The van der Waals surface area contributed by atoms with Gasteiger partial charge in [0, 0.05) is 63.9 Å². The van der Waals surface area contributed by atoms with Gasteiger partial charge in [-0.3, -0.25) is 4.90 Å². The molecule has 4 N–H and O–H groups in total. The number of hydrogen-bond acceptors (Lipinski definition) is 9. The fourth-order valence-electron chi connectivity index (χ4n) is 4.57. The number of aromatic nitrogens is 4. The Kier molecular flexibility index (Phi) is 19.7. The third-order valence-electron chi connectivity index (χ3n) is 7.23. The van der Waals surface area contributed by atoms with Gasteiger partial charge >= 0.3 is 18.9 Å². The summed E-state index contributed by atoms with van der Waals surface area (Å²) < 4.78 is 88.5. The summed E-state index contributed by atoms with van der Waals surface area (Å²) in [6, 6.07) is 26.2. The fourth-order valence-corrected chi connectivity index (χ4v) is 4.77. The van der Waals surface area contributed by atoms with Crippen molar-refractivity contribution in [3.05, 3.63) is 132 Å².